The summed E-state index contributed by atoms with van der Waals surface area (Å²) in [5.74, 6) is -73.9. The van der Waals surface area contributed by atoms with Gasteiger partial charge in [-0.15, -0.1) is 0 Å². The average Bonchev–Trinajstić information content (AvgIpc) is 3.12. The maximum Gasteiger partial charge on any atom is 0.458 e. The van der Waals surface area contributed by atoms with E-state index in [0.29, 0.717) is 18.9 Å². The van der Waals surface area contributed by atoms with Crippen LogP contribution in [0.3, 0.4) is 0 Å². The highest BCUT2D eigenvalue weighted by atomic mass is 19.5. The van der Waals surface area contributed by atoms with Crippen LogP contribution >= 0.6 is 0 Å². The maximum absolute atomic E-state index is 14.9. The van der Waals surface area contributed by atoms with Crippen molar-refractivity contribution in [2.75, 3.05) is 6.61 Å². The van der Waals surface area contributed by atoms with Gasteiger partial charge in [-0.3, -0.25) is 33.2 Å². The Morgan fingerprint density at radius 2 is 0.329 bits per heavy atom. The zero-order valence-corrected chi connectivity index (χ0v) is 33.3. The van der Waals surface area contributed by atoms with Crippen LogP contribution in [0.25, 0.3) is 0 Å². The largest absolute Gasteiger partial charge is 0.458 e. The molecule has 0 fully saturated rings. The molecule has 79 heavy (non-hydrogen) atoms. The molecule has 0 radical (unpaired) electrons. The van der Waals surface area contributed by atoms with Gasteiger partial charge < -0.3 is 10.2 Å². The van der Waals surface area contributed by atoms with Gasteiger partial charge >= 0.3 is 139 Å². The molecule has 0 amide bonds. The standard InChI is InChI=1S/C24H4F46O9/c25-2(1-71,10(33,34)35)73-19(59,60)4(27,12(39,40)41)75-21(63,64)6(29,14(45,46)47)77-23(67,68)8(31,16(51,52)53)79-24(69,70)9(32,17(54,55)56)78-22(65,66)7(30,15(48,49)50)76-20(61,62)5(28,13(42,43)44)74-18(57,58)3(26,72)11(36,37)38/h71-72H,1H2. The fourth-order valence-electron chi connectivity index (χ4n) is 3.76. The van der Waals surface area contributed by atoms with Gasteiger partial charge in [-0.2, -0.15) is 202 Å². The summed E-state index contributed by atoms with van der Waals surface area (Å²) in [6.45, 7) is -4.05. The third-order valence-corrected chi connectivity index (χ3v) is 7.72. The number of hydrogen-bond acceptors (Lipinski definition) is 9. The molecule has 0 aliphatic heterocycles. The lowest BCUT2D eigenvalue weighted by Gasteiger charge is -2.45. The molecule has 0 aromatic carbocycles. The number of halogens is 46. The Morgan fingerprint density at radius 3 is 0.443 bits per heavy atom. The van der Waals surface area contributed by atoms with Crippen molar-refractivity contribution in [3.8, 4) is 0 Å². The first kappa shape index (κ1) is 75.4. The van der Waals surface area contributed by atoms with Crippen LogP contribution < -0.4 is 0 Å². The Hall–Kier alpha value is -3.58. The number of ether oxygens (including phenoxy) is 7. The van der Waals surface area contributed by atoms with Crippen molar-refractivity contribution in [2.24, 2.45) is 0 Å². The summed E-state index contributed by atoms with van der Waals surface area (Å²) in [5, 5.41) is 16.2. The summed E-state index contributed by atoms with van der Waals surface area (Å²) in [7, 11) is 0. The predicted molar refractivity (Wildman–Crippen MR) is 131 cm³/mol. The van der Waals surface area contributed by atoms with Crippen LogP contribution in [0.5, 0.6) is 0 Å². The molecule has 0 aliphatic carbocycles. The molecule has 0 rings (SSSR count). The van der Waals surface area contributed by atoms with Crippen molar-refractivity contribution in [3.05, 3.63) is 0 Å². The van der Waals surface area contributed by atoms with E-state index in [1.54, 1.807) is 0 Å². The molecule has 9 nitrogen and oxygen atoms in total. The predicted octanol–water partition coefficient (Wildman–Crippen LogP) is 13.1. The van der Waals surface area contributed by atoms with Crippen LogP contribution in [-0.4, -0.2) is 156 Å². The van der Waals surface area contributed by atoms with Crippen LogP contribution in [-0.2, 0) is 33.2 Å². The zero-order valence-electron chi connectivity index (χ0n) is 33.3. The summed E-state index contributed by atoms with van der Waals surface area (Å²) in [6.07, 6.45) is -139. The van der Waals surface area contributed by atoms with Gasteiger partial charge in [-0.05, 0) is 0 Å². The number of aliphatic hydroxyl groups is 2. The Bertz CT molecular complexity index is 2100. The van der Waals surface area contributed by atoms with Crippen molar-refractivity contribution in [3.63, 3.8) is 0 Å². The molecule has 8 unspecified atom stereocenters. The quantitative estimate of drug-likeness (QED) is 0.103. The topological polar surface area (TPSA) is 105 Å². The highest BCUT2D eigenvalue weighted by Gasteiger charge is 2.93. The Morgan fingerprint density at radius 1 is 0.190 bits per heavy atom. The van der Waals surface area contributed by atoms with Gasteiger partial charge in [0.25, 0.3) is 0 Å². The van der Waals surface area contributed by atoms with Crippen molar-refractivity contribution in [1.29, 1.82) is 0 Å². The van der Waals surface area contributed by atoms with E-state index in [4.69, 9.17) is 10.2 Å². The van der Waals surface area contributed by atoms with Gasteiger partial charge in [0.15, 0.2) is 0 Å². The second-order valence-corrected chi connectivity index (χ2v) is 13.4. The van der Waals surface area contributed by atoms with Crippen LogP contribution in [0.15, 0.2) is 0 Å². The van der Waals surface area contributed by atoms with E-state index in [9.17, 15) is 202 Å². The number of hydrogen-bond donors (Lipinski definition) is 2. The van der Waals surface area contributed by atoms with Gasteiger partial charge in [-0.25, -0.2) is 0 Å². The van der Waals surface area contributed by atoms with Gasteiger partial charge in [0, 0.05) is 0 Å². The minimum Gasteiger partial charge on any atom is -0.390 e. The molecule has 0 aromatic rings. The van der Waals surface area contributed by atoms with E-state index in [0.717, 1.165) is 9.47 Å². The van der Waals surface area contributed by atoms with Gasteiger partial charge in [0.2, 0.25) is 0 Å². The molecule has 0 bridgehead atoms. The first-order valence-corrected chi connectivity index (χ1v) is 16.2. The monoisotopic (exact) mass is 1310 g/mol. The van der Waals surface area contributed by atoms with Crippen molar-refractivity contribution < 1.29 is 245 Å². The van der Waals surface area contributed by atoms with E-state index in [-0.39, 0.29) is 0 Å². The van der Waals surface area contributed by atoms with Crippen LogP contribution in [0, 0.1) is 0 Å². The molecule has 0 aromatic heterocycles. The SMILES string of the molecule is OCC(F)(OC(F)(F)C(F)(OC(F)(F)C(F)(OC(F)(F)C(F)(OC(F)(F)C(F)(OC(F)(F)C(F)(OC(F)(F)C(F)(OC(F)(F)C(O)(F)C(F)(F)F)C(F)(F)F)C(F)(F)F)C(F)(F)F)C(F)(F)F)C(F)(F)F)C(F)(F)F)C(F)(F)F. The number of aliphatic hydroxyl groups excluding tert-OH is 1. The van der Waals surface area contributed by atoms with Gasteiger partial charge in [-0.1, -0.05) is 0 Å². The molecule has 0 aliphatic rings. The highest BCUT2D eigenvalue weighted by Crippen LogP contribution is 2.64. The van der Waals surface area contributed by atoms with E-state index in [2.05, 4.69) is 0 Å². The normalized spacial score (nSPS) is 21.9. The minimum atomic E-state index is -10.1. The minimum absolute atomic E-state index is 0.489. The molecule has 476 valence electrons. The Kier molecular flexibility index (Phi) is 18.9. The molecule has 2 N–H and O–H groups in total. The van der Waals surface area contributed by atoms with Crippen molar-refractivity contribution in [1.82, 2.24) is 0 Å². The summed E-state index contributed by atoms with van der Waals surface area (Å²) >= 11 is 0. The number of alkyl halides is 46. The third-order valence-electron chi connectivity index (χ3n) is 7.72. The number of rotatable bonds is 22. The van der Waals surface area contributed by atoms with Gasteiger partial charge in [0.1, 0.15) is 6.61 Å². The summed E-state index contributed by atoms with van der Waals surface area (Å²) < 4.78 is 635. The third kappa shape index (κ3) is 12.5. The second kappa shape index (κ2) is 19.8. The summed E-state index contributed by atoms with van der Waals surface area (Å²) in [4.78, 5) is 0. The molecule has 0 saturated carbocycles. The molecule has 8 atom stereocenters. The molecular formula is C24H4F46O9. The van der Waals surface area contributed by atoms with E-state index in [1.165, 1.54) is 4.74 Å². The Balaban J connectivity index is 8.46. The van der Waals surface area contributed by atoms with E-state index < -0.39 is 146 Å². The maximum atomic E-state index is 14.9. The fraction of sp³-hybridized carbons (Fsp3) is 1.00. The van der Waals surface area contributed by atoms with Crippen molar-refractivity contribution >= 4 is 0 Å². The van der Waals surface area contributed by atoms with Crippen LogP contribution in [0.1, 0.15) is 0 Å². The van der Waals surface area contributed by atoms with Gasteiger partial charge in [0.05, 0.1) is 0 Å². The Labute approximate surface area is 392 Å². The average molecular weight is 1310 g/mol. The zero-order chi connectivity index (χ0) is 65.2. The first-order valence-electron chi connectivity index (χ1n) is 16.2. The van der Waals surface area contributed by atoms with E-state index >= 15 is 0 Å². The lowest BCUT2D eigenvalue weighted by Crippen LogP contribution is -2.73. The second-order valence-electron chi connectivity index (χ2n) is 13.4. The lowest BCUT2D eigenvalue weighted by molar-refractivity contribution is -0.608. The van der Waals surface area contributed by atoms with Crippen LogP contribution in [0.4, 0.5) is 202 Å². The molecular weight excluding hydrogens is 1310 g/mol. The van der Waals surface area contributed by atoms with Crippen LogP contribution in [0.2, 0.25) is 0 Å². The highest BCUT2D eigenvalue weighted by molar-refractivity contribution is 5.02. The summed E-state index contributed by atoms with van der Waals surface area (Å²) in [5.41, 5.74) is 0. The van der Waals surface area contributed by atoms with Crippen molar-refractivity contribution in [2.45, 2.75) is 139 Å². The van der Waals surface area contributed by atoms with E-state index in [1.807, 2.05) is 0 Å². The molecule has 0 spiro atoms. The molecule has 55 heteroatoms. The lowest BCUT2D eigenvalue weighted by atomic mass is 10.2. The summed E-state index contributed by atoms with van der Waals surface area (Å²) in [6, 6.07) is 0. The molecule has 0 heterocycles. The first-order chi connectivity index (χ1) is 33.3. The smallest absolute Gasteiger partial charge is 0.390 e. The molecule has 0 saturated heterocycles. The fourth-order valence-corrected chi connectivity index (χ4v) is 3.76.